The van der Waals surface area contributed by atoms with Crippen molar-refractivity contribution in [3.63, 3.8) is 0 Å². The van der Waals surface area contributed by atoms with Crippen molar-refractivity contribution >= 4 is 11.9 Å². The van der Waals surface area contributed by atoms with E-state index in [1.165, 1.54) is 308 Å². The number of amides is 1. The molecule has 0 bridgehead atoms. The van der Waals surface area contributed by atoms with Crippen LogP contribution in [-0.4, -0.2) is 47.4 Å². The molecule has 6 nitrogen and oxygen atoms in total. The third-order valence-electron chi connectivity index (χ3n) is 16.1. The van der Waals surface area contributed by atoms with Crippen LogP contribution < -0.4 is 5.32 Å². The molecule has 77 heavy (non-hydrogen) atoms. The highest BCUT2D eigenvalue weighted by Gasteiger charge is 2.18. The second kappa shape index (κ2) is 66.6. The van der Waals surface area contributed by atoms with Crippen LogP contribution in [0.25, 0.3) is 0 Å². The summed E-state index contributed by atoms with van der Waals surface area (Å²) in [6, 6.07) is -0.630. The minimum atomic E-state index is -0.847. The zero-order chi connectivity index (χ0) is 55.7. The molecule has 0 saturated heterocycles. The van der Waals surface area contributed by atoms with Gasteiger partial charge in [-0.3, -0.25) is 9.59 Å². The lowest BCUT2D eigenvalue weighted by molar-refractivity contribution is -0.143. The highest BCUT2D eigenvalue weighted by molar-refractivity contribution is 5.76. The van der Waals surface area contributed by atoms with Gasteiger partial charge in [0.1, 0.15) is 0 Å². The highest BCUT2D eigenvalue weighted by Crippen LogP contribution is 2.18. The number of aliphatic hydroxyl groups is 2. The van der Waals surface area contributed by atoms with Gasteiger partial charge in [0, 0.05) is 12.8 Å². The molecule has 0 aliphatic heterocycles. The van der Waals surface area contributed by atoms with E-state index in [9.17, 15) is 19.8 Å². The quantitative estimate of drug-likeness (QED) is 0.0320. The van der Waals surface area contributed by atoms with Gasteiger partial charge in [-0.2, -0.15) is 0 Å². The molecular weight excluding hydrogens is 947 g/mol. The number of hydrogen-bond donors (Lipinski definition) is 3. The lowest BCUT2D eigenvalue weighted by Crippen LogP contribution is -2.45. The molecule has 3 N–H and O–H groups in total. The van der Waals surface area contributed by atoms with Crippen LogP contribution in [0.1, 0.15) is 380 Å². The number of carbonyl (C=O) groups excluding carboxylic acids is 2. The van der Waals surface area contributed by atoms with Crippen LogP contribution in [0.5, 0.6) is 0 Å². The third kappa shape index (κ3) is 63.1. The molecule has 0 heterocycles. The summed E-state index contributed by atoms with van der Waals surface area (Å²) in [4.78, 5) is 24.6. The number of hydrogen-bond acceptors (Lipinski definition) is 5. The van der Waals surface area contributed by atoms with Gasteiger partial charge in [-0.05, 0) is 83.5 Å². The first-order valence-electron chi connectivity index (χ1n) is 34.8. The van der Waals surface area contributed by atoms with E-state index in [4.69, 9.17) is 4.74 Å². The average molecular weight is 1080 g/mol. The van der Waals surface area contributed by atoms with Gasteiger partial charge in [-0.1, -0.05) is 320 Å². The van der Waals surface area contributed by atoms with Crippen molar-refractivity contribution in [1.29, 1.82) is 0 Å². The van der Waals surface area contributed by atoms with Crippen molar-refractivity contribution < 1.29 is 24.5 Å². The Balaban J connectivity index is 3.42. The number of allylic oxidation sites excluding steroid dienone is 5. The van der Waals surface area contributed by atoms with Crippen molar-refractivity contribution in [2.45, 2.75) is 392 Å². The summed E-state index contributed by atoms with van der Waals surface area (Å²) in [7, 11) is 0. The SMILES string of the molecule is CCCCCCCC/C=C\CCCCCCCC(=O)OCCCCCCCCCCCCCC/C=C\CCCCCCCCCCCCC(=O)NC(CO)C(O)/C=C/CCCCCCCCCCCCCCCCCCC. The maximum Gasteiger partial charge on any atom is 0.305 e. The number of ether oxygens (including phenoxy) is 1. The number of unbranched alkanes of at least 4 members (excludes halogenated alkanes) is 50. The number of nitrogens with one attached hydrogen (secondary N) is 1. The molecule has 0 radical (unpaired) electrons. The first-order valence-corrected chi connectivity index (χ1v) is 34.8. The zero-order valence-electron chi connectivity index (χ0n) is 52.0. The van der Waals surface area contributed by atoms with Crippen molar-refractivity contribution in [1.82, 2.24) is 5.32 Å². The van der Waals surface area contributed by atoms with Gasteiger partial charge in [0.2, 0.25) is 5.91 Å². The second-order valence-electron chi connectivity index (χ2n) is 23.9. The van der Waals surface area contributed by atoms with E-state index in [0.717, 1.165) is 44.9 Å². The van der Waals surface area contributed by atoms with E-state index >= 15 is 0 Å². The Labute approximate surface area is 481 Å². The Morgan fingerprint density at radius 3 is 0.922 bits per heavy atom. The van der Waals surface area contributed by atoms with Gasteiger partial charge in [-0.25, -0.2) is 0 Å². The van der Waals surface area contributed by atoms with E-state index < -0.39 is 12.1 Å². The molecule has 2 atom stereocenters. The summed E-state index contributed by atoms with van der Waals surface area (Å²) in [5, 5.41) is 23.2. The predicted molar refractivity (Wildman–Crippen MR) is 338 cm³/mol. The smallest absolute Gasteiger partial charge is 0.305 e. The molecule has 1 amide bonds. The maximum atomic E-state index is 12.5. The highest BCUT2D eigenvalue weighted by atomic mass is 16.5. The second-order valence-corrected chi connectivity index (χ2v) is 23.9. The van der Waals surface area contributed by atoms with Crippen LogP contribution in [0.3, 0.4) is 0 Å². The fourth-order valence-corrected chi connectivity index (χ4v) is 10.8. The van der Waals surface area contributed by atoms with Crippen LogP contribution >= 0.6 is 0 Å². The molecule has 0 spiro atoms. The Morgan fingerprint density at radius 1 is 0.351 bits per heavy atom. The van der Waals surface area contributed by atoms with Crippen LogP contribution in [-0.2, 0) is 14.3 Å². The molecule has 0 aromatic rings. The van der Waals surface area contributed by atoms with Crippen LogP contribution in [0.15, 0.2) is 36.5 Å². The Morgan fingerprint density at radius 2 is 0.610 bits per heavy atom. The van der Waals surface area contributed by atoms with Gasteiger partial charge in [0.25, 0.3) is 0 Å². The molecule has 2 unspecified atom stereocenters. The molecule has 0 aromatic carbocycles. The van der Waals surface area contributed by atoms with Gasteiger partial charge in [0.05, 0.1) is 25.4 Å². The number of esters is 1. The first-order chi connectivity index (χ1) is 38.0. The minimum absolute atomic E-state index is 0.00636. The normalized spacial score (nSPS) is 12.7. The fraction of sp³-hybridized carbons (Fsp3) is 0.887. The summed E-state index contributed by atoms with van der Waals surface area (Å²) in [5.74, 6) is -0.0605. The molecule has 0 aliphatic carbocycles. The standard InChI is InChI=1S/C71H135NO5/c1-3-5-7-9-11-13-15-17-19-20-29-32-36-39-43-47-51-55-59-63-69(74)68(67-73)72-70(75)64-60-56-52-48-44-40-37-33-30-27-25-23-21-22-24-26-28-31-34-38-42-46-50-54-58-62-66-77-71(76)65-61-57-53-49-45-41-35-18-16-14-12-10-8-6-4-2/h18,21,23,35,59,63,68-69,73-74H,3-17,19-20,22,24-34,36-58,60-62,64-67H2,1-2H3,(H,72,75)/b23-21-,35-18-,63-59+. The Bertz CT molecular complexity index is 1250. The molecule has 0 aliphatic rings. The third-order valence-corrected chi connectivity index (χ3v) is 16.1. The largest absolute Gasteiger partial charge is 0.466 e. The lowest BCUT2D eigenvalue weighted by Gasteiger charge is -2.20. The monoisotopic (exact) mass is 1080 g/mol. The number of carbonyl (C=O) groups is 2. The molecule has 0 saturated carbocycles. The summed E-state index contributed by atoms with van der Waals surface area (Å²) < 4.78 is 5.49. The molecular formula is C71H135NO5. The Hall–Kier alpha value is -1.92. The van der Waals surface area contributed by atoms with Crippen molar-refractivity contribution in [2.75, 3.05) is 13.2 Å². The first kappa shape index (κ1) is 75.1. The topological polar surface area (TPSA) is 95.9 Å². The predicted octanol–water partition coefficient (Wildman–Crippen LogP) is 22.3. The van der Waals surface area contributed by atoms with Crippen LogP contribution in [0.2, 0.25) is 0 Å². The number of rotatable bonds is 65. The summed E-state index contributed by atoms with van der Waals surface area (Å²) in [6.07, 6.45) is 85.0. The van der Waals surface area contributed by atoms with E-state index in [-0.39, 0.29) is 18.5 Å². The molecule has 0 aromatic heterocycles. The maximum absolute atomic E-state index is 12.5. The van der Waals surface area contributed by atoms with Crippen LogP contribution in [0, 0.1) is 0 Å². The summed E-state index contributed by atoms with van der Waals surface area (Å²) in [5.41, 5.74) is 0. The molecule has 0 fully saturated rings. The molecule has 6 heteroatoms. The van der Waals surface area contributed by atoms with Crippen LogP contribution in [0.4, 0.5) is 0 Å². The fourth-order valence-electron chi connectivity index (χ4n) is 10.8. The van der Waals surface area contributed by atoms with Gasteiger partial charge < -0.3 is 20.3 Å². The summed E-state index contributed by atoms with van der Waals surface area (Å²) >= 11 is 0. The van der Waals surface area contributed by atoms with E-state index in [1.807, 2.05) is 6.08 Å². The lowest BCUT2D eigenvalue weighted by atomic mass is 10.0. The zero-order valence-corrected chi connectivity index (χ0v) is 52.0. The minimum Gasteiger partial charge on any atom is -0.466 e. The average Bonchev–Trinajstić information content (AvgIpc) is 3.43. The Kier molecular flexibility index (Phi) is 64.9. The van der Waals surface area contributed by atoms with Crippen molar-refractivity contribution in [3.05, 3.63) is 36.5 Å². The van der Waals surface area contributed by atoms with Crippen molar-refractivity contribution in [2.24, 2.45) is 0 Å². The van der Waals surface area contributed by atoms with E-state index in [0.29, 0.717) is 19.4 Å². The van der Waals surface area contributed by atoms with Crippen molar-refractivity contribution in [3.8, 4) is 0 Å². The van der Waals surface area contributed by atoms with Gasteiger partial charge >= 0.3 is 5.97 Å². The molecule has 454 valence electrons. The molecule has 0 rings (SSSR count). The van der Waals surface area contributed by atoms with Gasteiger partial charge in [-0.15, -0.1) is 0 Å². The number of aliphatic hydroxyl groups excluding tert-OH is 2. The van der Waals surface area contributed by atoms with Gasteiger partial charge in [0.15, 0.2) is 0 Å². The van der Waals surface area contributed by atoms with E-state index in [1.54, 1.807) is 6.08 Å². The van der Waals surface area contributed by atoms with E-state index in [2.05, 4.69) is 43.5 Å². The summed E-state index contributed by atoms with van der Waals surface area (Å²) in [6.45, 7) is 4.92.